The molecule has 1 fully saturated rings. The molecule has 5 nitrogen and oxygen atoms in total. The molecule has 1 aliphatic rings. The summed E-state index contributed by atoms with van der Waals surface area (Å²) in [6, 6.07) is 7.66. The van der Waals surface area contributed by atoms with E-state index in [-0.39, 0.29) is 17.7 Å². The Morgan fingerprint density at radius 3 is 2.15 bits per heavy atom. The van der Waals surface area contributed by atoms with Gasteiger partial charge in [-0.2, -0.15) is 0 Å². The number of carbonyl (C=O) groups is 2. The van der Waals surface area contributed by atoms with Crippen LogP contribution in [0.25, 0.3) is 0 Å². The monoisotopic (exact) mass is 393 g/mol. The SMILES string of the molecule is CCN(CC)CCC(=O)N1CCN(C(=O)C(C)Cc2ccc(Cl)cc2)CC1. The van der Waals surface area contributed by atoms with Crippen LogP contribution in [-0.2, 0) is 16.0 Å². The summed E-state index contributed by atoms with van der Waals surface area (Å²) in [7, 11) is 0. The van der Waals surface area contributed by atoms with E-state index in [0.29, 0.717) is 44.0 Å². The van der Waals surface area contributed by atoms with Gasteiger partial charge in [0.05, 0.1) is 0 Å². The standard InChI is InChI=1S/C21H32ClN3O2/c1-4-23(5-2)11-10-20(26)24-12-14-25(15-13-24)21(27)17(3)16-18-6-8-19(22)9-7-18/h6-9,17H,4-5,10-16H2,1-3H3. The van der Waals surface area contributed by atoms with Crippen molar-refractivity contribution in [3.8, 4) is 0 Å². The third kappa shape index (κ3) is 6.51. The van der Waals surface area contributed by atoms with Crippen LogP contribution in [0.3, 0.4) is 0 Å². The third-order valence-electron chi connectivity index (χ3n) is 5.36. The quantitative estimate of drug-likeness (QED) is 0.682. The van der Waals surface area contributed by atoms with Crippen LogP contribution in [0.1, 0.15) is 32.8 Å². The van der Waals surface area contributed by atoms with Crippen LogP contribution in [-0.4, -0.2) is 72.3 Å². The molecule has 2 rings (SSSR count). The second kappa shape index (κ2) is 10.7. The number of hydrogen-bond donors (Lipinski definition) is 0. The first-order valence-electron chi connectivity index (χ1n) is 9.97. The number of nitrogens with zero attached hydrogens (tertiary/aromatic N) is 3. The largest absolute Gasteiger partial charge is 0.339 e. The van der Waals surface area contributed by atoms with Gasteiger partial charge in [-0.1, -0.05) is 44.5 Å². The van der Waals surface area contributed by atoms with E-state index in [2.05, 4.69) is 18.7 Å². The number of benzene rings is 1. The van der Waals surface area contributed by atoms with Gasteiger partial charge in [-0.25, -0.2) is 0 Å². The Balaban J connectivity index is 1.77. The van der Waals surface area contributed by atoms with Crippen molar-refractivity contribution in [2.45, 2.75) is 33.6 Å². The molecule has 1 saturated heterocycles. The van der Waals surface area contributed by atoms with Gasteiger partial charge in [-0.15, -0.1) is 0 Å². The fourth-order valence-corrected chi connectivity index (χ4v) is 3.63. The Labute approximate surface area is 168 Å². The molecule has 1 aromatic rings. The minimum absolute atomic E-state index is 0.0731. The van der Waals surface area contributed by atoms with E-state index in [1.54, 1.807) is 0 Å². The van der Waals surface area contributed by atoms with Gasteiger partial charge in [-0.3, -0.25) is 9.59 Å². The van der Waals surface area contributed by atoms with Gasteiger partial charge < -0.3 is 14.7 Å². The average molecular weight is 394 g/mol. The van der Waals surface area contributed by atoms with E-state index < -0.39 is 0 Å². The van der Waals surface area contributed by atoms with Gasteiger partial charge in [0.2, 0.25) is 11.8 Å². The lowest BCUT2D eigenvalue weighted by Gasteiger charge is -2.36. The van der Waals surface area contributed by atoms with Gasteiger partial charge in [0.25, 0.3) is 0 Å². The maximum atomic E-state index is 12.7. The highest BCUT2D eigenvalue weighted by Gasteiger charge is 2.26. The van der Waals surface area contributed by atoms with Gasteiger partial charge in [-0.05, 0) is 37.2 Å². The van der Waals surface area contributed by atoms with E-state index in [1.165, 1.54) is 0 Å². The topological polar surface area (TPSA) is 43.9 Å². The molecule has 2 amide bonds. The zero-order valence-electron chi connectivity index (χ0n) is 16.8. The van der Waals surface area contributed by atoms with E-state index in [4.69, 9.17) is 11.6 Å². The van der Waals surface area contributed by atoms with Crippen LogP contribution in [0.4, 0.5) is 0 Å². The highest BCUT2D eigenvalue weighted by atomic mass is 35.5. The smallest absolute Gasteiger partial charge is 0.225 e. The molecule has 150 valence electrons. The number of amides is 2. The van der Waals surface area contributed by atoms with Crippen molar-refractivity contribution < 1.29 is 9.59 Å². The first kappa shape index (κ1) is 21.7. The highest BCUT2D eigenvalue weighted by Crippen LogP contribution is 2.16. The lowest BCUT2D eigenvalue weighted by molar-refractivity contribution is -0.141. The summed E-state index contributed by atoms with van der Waals surface area (Å²) in [5, 5.41) is 0.708. The van der Waals surface area contributed by atoms with E-state index >= 15 is 0 Å². The maximum absolute atomic E-state index is 12.7. The van der Waals surface area contributed by atoms with Gasteiger partial charge in [0.15, 0.2) is 0 Å². The summed E-state index contributed by atoms with van der Waals surface area (Å²) in [5.41, 5.74) is 1.12. The van der Waals surface area contributed by atoms with Crippen molar-refractivity contribution in [1.29, 1.82) is 0 Å². The molecule has 6 heteroatoms. The van der Waals surface area contributed by atoms with Gasteiger partial charge in [0, 0.05) is 50.1 Å². The minimum atomic E-state index is -0.0731. The Morgan fingerprint density at radius 1 is 1.04 bits per heavy atom. The van der Waals surface area contributed by atoms with Crippen molar-refractivity contribution in [2.24, 2.45) is 5.92 Å². The fourth-order valence-electron chi connectivity index (χ4n) is 3.50. The first-order chi connectivity index (χ1) is 12.9. The van der Waals surface area contributed by atoms with Crippen LogP contribution < -0.4 is 0 Å². The molecule has 0 aliphatic carbocycles. The Morgan fingerprint density at radius 2 is 1.59 bits per heavy atom. The van der Waals surface area contributed by atoms with E-state index in [9.17, 15) is 9.59 Å². The number of piperazine rings is 1. The van der Waals surface area contributed by atoms with Crippen molar-refractivity contribution in [3.63, 3.8) is 0 Å². The molecule has 1 atom stereocenters. The molecule has 0 bridgehead atoms. The zero-order valence-corrected chi connectivity index (χ0v) is 17.5. The third-order valence-corrected chi connectivity index (χ3v) is 5.61. The molecular formula is C21H32ClN3O2. The summed E-state index contributed by atoms with van der Waals surface area (Å²) < 4.78 is 0. The lowest BCUT2D eigenvalue weighted by atomic mass is 9.99. The zero-order chi connectivity index (χ0) is 19.8. The van der Waals surface area contributed by atoms with E-state index in [1.807, 2.05) is 41.0 Å². The van der Waals surface area contributed by atoms with Crippen molar-refractivity contribution >= 4 is 23.4 Å². The number of carbonyl (C=O) groups excluding carboxylic acids is 2. The van der Waals surface area contributed by atoms with Gasteiger partial charge in [0.1, 0.15) is 0 Å². The fraction of sp³-hybridized carbons (Fsp3) is 0.619. The van der Waals surface area contributed by atoms with Crippen molar-refractivity contribution in [2.75, 3.05) is 45.8 Å². The maximum Gasteiger partial charge on any atom is 0.225 e. The Kier molecular flexibility index (Phi) is 8.58. The van der Waals surface area contributed by atoms with Crippen LogP contribution in [0.5, 0.6) is 0 Å². The summed E-state index contributed by atoms with van der Waals surface area (Å²) in [6.07, 6.45) is 1.27. The van der Waals surface area contributed by atoms with Gasteiger partial charge >= 0.3 is 0 Å². The molecule has 0 radical (unpaired) electrons. The van der Waals surface area contributed by atoms with Crippen molar-refractivity contribution in [3.05, 3.63) is 34.9 Å². The minimum Gasteiger partial charge on any atom is -0.339 e. The predicted molar refractivity (Wildman–Crippen MR) is 110 cm³/mol. The summed E-state index contributed by atoms with van der Waals surface area (Å²) in [5.74, 6) is 0.291. The Bertz CT molecular complexity index is 608. The number of halogens is 1. The molecule has 0 spiro atoms. The first-order valence-corrected chi connectivity index (χ1v) is 10.4. The van der Waals surface area contributed by atoms with E-state index in [0.717, 1.165) is 25.2 Å². The number of rotatable bonds is 8. The molecular weight excluding hydrogens is 362 g/mol. The van der Waals surface area contributed by atoms with Crippen LogP contribution in [0, 0.1) is 5.92 Å². The second-order valence-electron chi connectivity index (χ2n) is 7.21. The molecule has 1 aromatic carbocycles. The molecule has 1 heterocycles. The molecule has 0 aromatic heterocycles. The molecule has 1 unspecified atom stereocenters. The van der Waals surface area contributed by atoms with Crippen molar-refractivity contribution in [1.82, 2.24) is 14.7 Å². The lowest BCUT2D eigenvalue weighted by Crippen LogP contribution is -2.52. The molecule has 27 heavy (non-hydrogen) atoms. The summed E-state index contributed by atoms with van der Waals surface area (Å²) in [4.78, 5) is 31.2. The molecule has 1 aliphatic heterocycles. The molecule has 0 N–H and O–H groups in total. The predicted octanol–water partition coefficient (Wildman–Crippen LogP) is 2.92. The normalized spacial score (nSPS) is 15.9. The average Bonchev–Trinajstić information content (AvgIpc) is 2.69. The van der Waals surface area contributed by atoms with Crippen LogP contribution in [0.15, 0.2) is 24.3 Å². The summed E-state index contributed by atoms with van der Waals surface area (Å²) >= 11 is 5.92. The second-order valence-corrected chi connectivity index (χ2v) is 7.65. The summed E-state index contributed by atoms with van der Waals surface area (Å²) in [6.45, 7) is 11.5. The molecule has 0 saturated carbocycles. The van der Waals surface area contributed by atoms with Crippen LogP contribution >= 0.6 is 11.6 Å². The Hall–Kier alpha value is -1.59. The van der Waals surface area contributed by atoms with Crippen LogP contribution in [0.2, 0.25) is 5.02 Å². The number of hydrogen-bond acceptors (Lipinski definition) is 3. The highest BCUT2D eigenvalue weighted by molar-refractivity contribution is 6.30.